The number of methoxy groups -OCH3 is 1. The molecule has 1 unspecified atom stereocenters. The second-order valence-electron chi connectivity index (χ2n) is 6.34. The molecule has 0 saturated heterocycles. The fraction of sp³-hybridized carbons (Fsp3) is 0.474. The van der Waals surface area contributed by atoms with Crippen LogP contribution in [0.5, 0.6) is 0 Å². The van der Waals surface area contributed by atoms with Crippen molar-refractivity contribution in [1.29, 1.82) is 0 Å². The molecule has 0 saturated carbocycles. The van der Waals surface area contributed by atoms with Crippen LogP contribution < -0.4 is 5.32 Å². The van der Waals surface area contributed by atoms with Gasteiger partial charge >= 0.3 is 0 Å². The number of nitrogens with one attached hydrogen (secondary N) is 1. The van der Waals surface area contributed by atoms with Crippen molar-refractivity contribution in [2.24, 2.45) is 7.05 Å². The van der Waals surface area contributed by atoms with Crippen molar-refractivity contribution in [2.75, 3.05) is 20.3 Å². The minimum absolute atomic E-state index is 0.541. The number of pyridine rings is 1. The first-order chi connectivity index (χ1) is 12.2. The van der Waals surface area contributed by atoms with E-state index in [1.807, 2.05) is 12.4 Å². The highest BCUT2D eigenvalue weighted by Gasteiger charge is 2.16. The zero-order valence-electron chi connectivity index (χ0n) is 15.4. The number of ether oxygens (including phenoxy) is 1. The van der Waals surface area contributed by atoms with Crippen molar-refractivity contribution in [3.8, 4) is 10.7 Å². The lowest BCUT2D eigenvalue weighted by atomic mass is 9.99. The normalized spacial score (nSPS) is 12.8. The summed E-state index contributed by atoms with van der Waals surface area (Å²) in [6.45, 7) is 6.84. The highest BCUT2D eigenvalue weighted by Crippen LogP contribution is 2.37. The number of hydrogen-bond donors (Lipinski definition) is 1. The Labute approximate surface area is 153 Å². The summed E-state index contributed by atoms with van der Waals surface area (Å²) in [7, 11) is 3.79. The zero-order chi connectivity index (χ0) is 17.8. The van der Waals surface area contributed by atoms with Gasteiger partial charge in [0.1, 0.15) is 5.82 Å². The van der Waals surface area contributed by atoms with E-state index in [-0.39, 0.29) is 0 Å². The number of fused-ring (bicyclic) bond motifs is 1. The zero-order valence-corrected chi connectivity index (χ0v) is 16.2. The van der Waals surface area contributed by atoms with Crippen LogP contribution in [0.1, 0.15) is 37.4 Å². The standard InChI is InChI=1S/C19H26N4OS/c1-5-13(2)15-6-7-21-16-10-17(25-18(15)16)19-22-12-14(23(19)3)11-20-8-9-24-4/h6-7,10,12-13,20H,5,8-9,11H2,1-4H3. The van der Waals surface area contributed by atoms with E-state index in [0.717, 1.165) is 30.9 Å². The van der Waals surface area contributed by atoms with E-state index in [1.54, 1.807) is 18.4 Å². The Balaban J connectivity index is 1.88. The summed E-state index contributed by atoms with van der Waals surface area (Å²) in [5.41, 5.74) is 3.62. The summed E-state index contributed by atoms with van der Waals surface area (Å²) in [4.78, 5) is 10.4. The molecule has 0 aliphatic carbocycles. The lowest BCUT2D eigenvalue weighted by Crippen LogP contribution is -2.20. The predicted octanol–water partition coefficient (Wildman–Crippen LogP) is 3.95. The SMILES string of the molecule is CCC(C)c1ccnc2cc(-c3ncc(CNCCOC)n3C)sc12. The molecule has 6 heteroatoms. The molecule has 3 aromatic heterocycles. The average Bonchev–Trinajstić information content (AvgIpc) is 3.21. The van der Waals surface area contributed by atoms with E-state index in [2.05, 4.69) is 52.9 Å². The molecule has 1 atom stereocenters. The largest absolute Gasteiger partial charge is 0.383 e. The van der Waals surface area contributed by atoms with Gasteiger partial charge < -0.3 is 14.6 Å². The first kappa shape index (κ1) is 18.0. The van der Waals surface area contributed by atoms with Crippen molar-refractivity contribution < 1.29 is 4.74 Å². The highest BCUT2D eigenvalue weighted by molar-refractivity contribution is 7.22. The Morgan fingerprint density at radius 3 is 2.96 bits per heavy atom. The third-order valence-corrected chi connectivity index (χ3v) is 5.85. The molecule has 3 rings (SSSR count). The topological polar surface area (TPSA) is 52.0 Å². The van der Waals surface area contributed by atoms with Crippen LogP contribution in [0, 0.1) is 0 Å². The molecule has 1 N–H and O–H groups in total. The lowest BCUT2D eigenvalue weighted by molar-refractivity contribution is 0.199. The fourth-order valence-electron chi connectivity index (χ4n) is 2.90. The molecule has 0 bridgehead atoms. The van der Waals surface area contributed by atoms with Gasteiger partial charge in [-0.3, -0.25) is 4.98 Å². The van der Waals surface area contributed by atoms with E-state index < -0.39 is 0 Å². The van der Waals surface area contributed by atoms with Crippen LogP contribution in [-0.4, -0.2) is 34.8 Å². The molecule has 3 heterocycles. The first-order valence-electron chi connectivity index (χ1n) is 8.74. The molecule has 25 heavy (non-hydrogen) atoms. The summed E-state index contributed by atoms with van der Waals surface area (Å²) in [5.74, 6) is 1.54. The molecule has 5 nitrogen and oxygen atoms in total. The van der Waals surface area contributed by atoms with Crippen molar-refractivity contribution >= 4 is 21.6 Å². The molecule has 0 spiro atoms. The maximum Gasteiger partial charge on any atom is 0.150 e. The summed E-state index contributed by atoms with van der Waals surface area (Å²) < 4.78 is 8.51. The molecule has 0 aliphatic rings. The van der Waals surface area contributed by atoms with Crippen LogP contribution in [0.3, 0.4) is 0 Å². The number of thiophene rings is 1. The molecule has 0 aliphatic heterocycles. The number of imidazole rings is 1. The summed E-state index contributed by atoms with van der Waals surface area (Å²) in [5, 5.41) is 3.37. The van der Waals surface area contributed by atoms with Crippen LogP contribution in [0.15, 0.2) is 24.5 Å². The van der Waals surface area contributed by atoms with Crippen molar-refractivity contribution in [3.63, 3.8) is 0 Å². The Hall–Kier alpha value is -1.76. The van der Waals surface area contributed by atoms with Crippen LogP contribution in [0.25, 0.3) is 20.9 Å². The number of hydrogen-bond acceptors (Lipinski definition) is 5. The molecular weight excluding hydrogens is 332 g/mol. The van der Waals surface area contributed by atoms with Crippen molar-refractivity contribution in [2.45, 2.75) is 32.7 Å². The van der Waals surface area contributed by atoms with Gasteiger partial charge in [-0.25, -0.2) is 4.98 Å². The van der Waals surface area contributed by atoms with Crippen LogP contribution in [0.2, 0.25) is 0 Å². The van der Waals surface area contributed by atoms with Gasteiger partial charge in [-0.2, -0.15) is 0 Å². The van der Waals surface area contributed by atoms with Crippen LogP contribution >= 0.6 is 11.3 Å². The second-order valence-corrected chi connectivity index (χ2v) is 7.39. The fourth-order valence-corrected chi connectivity index (χ4v) is 4.18. The van der Waals surface area contributed by atoms with Gasteiger partial charge in [0.25, 0.3) is 0 Å². The minimum atomic E-state index is 0.541. The predicted molar refractivity (Wildman–Crippen MR) is 104 cm³/mol. The Morgan fingerprint density at radius 1 is 1.36 bits per heavy atom. The second kappa shape index (κ2) is 8.08. The molecule has 0 radical (unpaired) electrons. The first-order valence-corrected chi connectivity index (χ1v) is 9.56. The number of rotatable bonds is 8. The molecule has 0 aromatic carbocycles. The van der Waals surface area contributed by atoms with E-state index in [0.29, 0.717) is 12.5 Å². The summed E-state index contributed by atoms with van der Waals surface area (Å²) in [6, 6.07) is 4.32. The molecule has 0 fully saturated rings. The Kier molecular flexibility index (Phi) is 5.83. The Morgan fingerprint density at radius 2 is 2.20 bits per heavy atom. The number of aromatic nitrogens is 3. The monoisotopic (exact) mass is 358 g/mol. The summed E-state index contributed by atoms with van der Waals surface area (Å²) in [6.07, 6.45) is 5.00. The third-order valence-electron chi connectivity index (χ3n) is 4.68. The van der Waals surface area contributed by atoms with Crippen molar-refractivity contribution in [3.05, 3.63) is 35.8 Å². The molecular formula is C19H26N4OS. The van der Waals surface area contributed by atoms with Gasteiger partial charge in [-0.15, -0.1) is 11.3 Å². The summed E-state index contributed by atoms with van der Waals surface area (Å²) >= 11 is 1.79. The quantitative estimate of drug-likeness (QED) is 0.620. The minimum Gasteiger partial charge on any atom is -0.383 e. The van der Waals surface area contributed by atoms with Crippen molar-refractivity contribution in [1.82, 2.24) is 19.9 Å². The van der Waals surface area contributed by atoms with E-state index in [9.17, 15) is 0 Å². The number of nitrogens with zero attached hydrogens (tertiary/aromatic N) is 3. The Bertz CT molecular complexity index is 839. The van der Waals surface area contributed by atoms with E-state index in [1.165, 1.54) is 20.8 Å². The average molecular weight is 359 g/mol. The van der Waals surface area contributed by atoms with Gasteiger partial charge in [0.2, 0.25) is 0 Å². The van der Waals surface area contributed by atoms with Crippen LogP contribution in [-0.2, 0) is 18.3 Å². The lowest BCUT2D eigenvalue weighted by Gasteiger charge is -2.09. The van der Waals surface area contributed by atoms with Gasteiger partial charge in [0, 0.05) is 33.4 Å². The third kappa shape index (κ3) is 3.76. The molecule has 134 valence electrons. The van der Waals surface area contributed by atoms with Gasteiger partial charge in [-0.1, -0.05) is 13.8 Å². The van der Waals surface area contributed by atoms with Gasteiger partial charge in [-0.05, 0) is 30.0 Å². The maximum atomic E-state index is 5.07. The highest BCUT2D eigenvalue weighted by atomic mass is 32.1. The van der Waals surface area contributed by atoms with Gasteiger partial charge in [0.15, 0.2) is 0 Å². The molecule has 3 aromatic rings. The molecule has 0 amide bonds. The maximum absolute atomic E-state index is 5.07. The van der Waals surface area contributed by atoms with Crippen LogP contribution in [0.4, 0.5) is 0 Å². The van der Waals surface area contributed by atoms with E-state index >= 15 is 0 Å². The smallest absolute Gasteiger partial charge is 0.150 e. The van der Waals surface area contributed by atoms with E-state index in [4.69, 9.17) is 4.74 Å². The van der Waals surface area contributed by atoms with Gasteiger partial charge in [0.05, 0.1) is 33.6 Å².